The molecule has 1 N–H and O–H groups in total. The number of aliphatic hydroxyl groups is 1. The number of aliphatic hydroxyl groups excluding tert-OH is 1. The van der Waals surface area contributed by atoms with Gasteiger partial charge in [-0.25, -0.2) is 0 Å². The summed E-state index contributed by atoms with van der Waals surface area (Å²) >= 11 is 0. The second kappa shape index (κ2) is 12.2. The van der Waals surface area contributed by atoms with E-state index in [4.69, 9.17) is 4.43 Å². The molecule has 0 fully saturated rings. The van der Waals surface area contributed by atoms with Crippen LogP contribution >= 0.6 is 0 Å². The number of allylic oxidation sites excluding steroid dienone is 2. The molecule has 0 aliphatic carbocycles. The summed E-state index contributed by atoms with van der Waals surface area (Å²) in [4.78, 5) is 0. The maximum absolute atomic E-state index is 9.37. The monoisotopic (exact) mass is 436 g/mol. The predicted molar refractivity (Wildman–Crippen MR) is 137 cm³/mol. The second-order valence-electron chi connectivity index (χ2n) is 9.10. The van der Waals surface area contributed by atoms with E-state index in [-0.39, 0.29) is 11.6 Å². The van der Waals surface area contributed by atoms with Crippen molar-refractivity contribution in [1.82, 2.24) is 0 Å². The van der Waals surface area contributed by atoms with Crippen LogP contribution in [-0.2, 0) is 4.43 Å². The van der Waals surface area contributed by atoms with Crippen LogP contribution < -0.4 is 10.4 Å². The summed E-state index contributed by atoms with van der Waals surface area (Å²) in [5.41, 5.74) is 2.54. The van der Waals surface area contributed by atoms with Crippen LogP contribution in [0, 0.1) is 0 Å². The van der Waals surface area contributed by atoms with Crippen LogP contribution in [0.1, 0.15) is 60.3 Å². The second-order valence-corrected chi connectivity index (χ2v) is 13.4. The van der Waals surface area contributed by atoms with Crippen molar-refractivity contribution in [3.8, 4) is 0 Å². The van der Waals surface area contributed by atoms with Crippen molar-refractivity contribution in [1.29, 1.82) is 0 Å². The van der Waals surface area contributed by atoms with Crippen LogP contribution in [0.2, 0.25) is 5.04 Å². The number of rotatable bonds is 11. The zero-order valence-electron chi connectivity index (χ0n) is 20.0. The summed E-state index contributed by atoms with van der Waals surface area (Å²) in [5, 5.41) is 12.0. The van der Waals surface area contributed by atoms with Crippen molar-refractivity contribution < 1.29 is 9.53 Å². The minimum absolute atomic E-state index is 0.00415. The molecule has 3 heteroatoms. The predicted octanol–water partition coefficient (Wildman–Crippen LogP) is 6.01. The Morgan fingerprint density at radius 2 is 1.35 bits per heavy atom. The number of hydrogen-bond acceptors (Lipinski definition) is 2. The Morgan fingerprint density at radius 3 is 1.77 bits per heavy atom. The van der Waals surface area contributed by atoms with Crippen molar-refractivity contribution >= 4 is 18.7 Å². The molecule has 0 aliphatic rings. The maximum Gasteiger partial charge on any atom is 0.261 e. The lowest BCUT2D eigenvalue weighted by Crippen LogP contribution is -2.66. The molecule has 2 aromatic rings. The average Bonchev–Trinajstić information content (AvgIpc) is 2.78. The molecular weight excluding hydrogens is 396 g/mol. The molecule has 0 unspecified atom stereocenters. The highest BCUT2D eigenvalue weighted by atomic mass is 28.4. The summed E-state index contributed by atoms with van der Waals surface area (Å²) in [6, 6.07) is 21.6. The molecule has 0 bridgehead atoms. The first-order valence-electron chi connectivity index (χ1n) is 11.6. The minimum Gasteiger partial charge on any atom is -0.404 e. The number of hydrogen-bond donors (Lipinski definition) is 1. The van der Waals surface area contributed by atoms with Gasteiger partial charge in [0.2, 0.25) is 0 Å². The molecule has 31 heavy (non-hydrogen) atoms. The van der Waals surface area contributed by atoms with Gasteiger partial charge in [0.05, 0.1) is 13.2 Å². The van der Waals surface area contributed by atoms with E-state index < -0.39 is 8.32 Å². The molecule has 0 aromatic heterocycles. The van der Waals surface area contributed by atoms with E-state index in [1.807, 2.05) is 0 Å². The van der Waals surface area contributed by atoms with Gasteiger partial charge in [-0.05, 0) is 46.7 Å². The van der Waals surface area contributed by atoms with Gasteiger partial charge in [-0.3, -0.25) is 0 Å². The van der Waals surface area contributed by atoms with Crippen LogP contribution in [0.5, 0.6) is 0 Å². The van der Waals surface area contributed by atoms with Gasteiger partial charge in [0.1, 0.15) is 0 Å². The molecule has 0 radical (unpaired) electrons. The lowest BCUT2D eigenvalue weighted by Gasteiger charge is -2.42. The Bertz CT molecular complexity index is 787. The molecular formula is C28H40O2Si. The van der Waals surface area contributed by atoms with Gasteiger partial charge in [0.15, 0.2) is 0 Å². The third kappa shape index (κ3) is 6.52. The molecule has 168 valence electrons. The molecule has 0 atom stereocenters. The Morgan fingerprint density at radius 1 is 0.839 bits per heavy atom. The van der Waals surface area contributed by atoms with E-state index in [2.05, 4.69) is 107 Å². The van der Waals surface area contributed by atoms with Gasteiger partial charge < -0.3 is 9.53 Å². The molecule has 0 saturated heterocycles. The smallest absolute Gasteiger partial charge is 0.261 e. The van der Waals surface area contributed by atoms with Crippen molar-refractivity contribution in [2.75, 3.05) is 13.2 Å². The topological polar surface area (TPSA) is 29.5 Å². The highest BCUT2D eigenvalue weighted by molar-refractivity contribution is 6.99. The molecule has 0 saturated carbocycles. The van der Waals surface area contributed by atoms with Crippen molar-refractivity contribution in [3.05, 3.63) is 84.0 Å². The first-order chi connectivity index (χ1) is 14.9. The van der Waals surface area contributed by atoms with E-state index in [9.17, 15) is 5.11 Å². The van der Waals surface area contributed by atoms with Crippen LogP contribution in [-0.4, -0.2) is 26.6 Å². The fourth-order valence-electron chi connectivity index (χ4n) is 4.25. The van der Waals surface area contributed by atoms with E-state index in [0.717, 1.165) is 31.3 Å². The van der Waals surface area contributed by atoms with Crippen molar-refractivity contribution in [3.63, 3.8) is 0 Å². The van der Waals surface area contributed by atoms with E-state index >= 15 is 0 Å². The molecule has 0 aliphatic heterocycles. The summed E-state index contributed by atoms with van der Waals surface area (Å²) in [6.07, 6.45) is 8.41. The third-order valence-corrected chi connectivity index (χ3v) is 11.1. The lowest BCUT2D eigenvalue weighted by molar-refractivity contribution is 0.327. The molecule has 0 amide bonds. The standard InChI is InChI=1S/C28H40O2Si/c1-6-24(15-14-16-25(7-2)23-29)21-22-30-31(28(3,4)5,26-17-10-8-11-18-26)27-19-12-9-13-20-27/h8-13,16-21,29H,6-7,14-15,22-23H2,1-5H3/b24-21+,25-16+. The van der Waals surface area contributed by atoms with Crippen LogP contribution in [0.15, 0.2) is 84.0 Å². The summed E-state index contributed by atoms with van der Waals surface area (Å²) < 4.78 is 6.98. The zero-order chi connectivity index (χ0) is 22.7. The quantitative estimate of drug-likeness (QED) is 0.345. The van der Waals surface area contributed by atoms with Gasteiger partial charge in [-0.15, -0.1) is 0 Å². The third-order valence-electron chi connectivity index (χ3n) is 6.10. The molecule has 2 rings (SSSR count). The Balaban J connectivity index is 2.32. The Hall–Kier alpha value is -1.94. The van der Waals surface area contributed by atoms with Gasteiger partial charge in [-0.2, -0.15) is 0 Å². The summed E-state index contributed by atoms with van der Waals surface area (Å²) in [7, 11) is -2.48. The first kappa shape index (κ1) is 25.3. The zero-order valence-corrected chi connectivity index (χ0v) is 21.0. The Kier molecular flexibility index (Phi) is 9.95. The molecule has 0 spiro atoms. The van der Waals surface area contributed by atoms with Crippen molar-refractivity contribution in [2.24, 2.45) is 0 Å². The summed E-state index contributed by atoms with van der Waals surface area (Å²) in [6.45, 7) is 12.0. The van der Waals surface area contributed by atoms with Crippen LogP contribution in [0.3, 0.4) is 0 Å². The largest absolute Gasteiger partial charge is 0.404 e. The number of benzene rings is 2. The van der Waals surface area contributed by atoms with Gasteiger partial charge in [-0.1, -0.05) is 113 Å². The SMILES string of the molecule is CC/C(=C\CC/C(=C/CO[Si](c1ccccc1)(c1ccccc1)C(C)(C)C)CC)CO. The highest BCUT2D eigenvalue weighted by Crippen LogP contribution is 2.36. The Labute approximate surface area is 190 Å². The van der Waals surface area contributed by atoms with E-state index in [1.165, 1.54) is 15.9 Å². The van der Waals surface area contributed by atoms with Crippen LogP contribution in [0.25, 0.3) is 0 Å². The summed E-state index contributed by atoms with van der Waals surface area (Å²) in [5.74, 6) is 0. The van der Waals surface area contributed by atoms with Crippen LogP contribution in [0.4, 0.5) is 0 Å². The van der Waals surface area contributed by atoms with Gasteiger partial charge >= 0.3 is 0 Å². The fraction of sp³-hybridized carbons (Fsp3) is 0.429. The lowest BCUT2D eigenvalue weighted by atomic mass is 10.1. The normalized spacial score (nSPS) is 13.5. The van der Waals surface area contributed by atoms with Gasteiger partial charge in [0.25, 0.3) is 8.32 Å². The average molecular weight is 437 g/mol. The van der Waals surface area contributed by atoms with E-state index in [0.29, 0.717) is 6.61 Å². The highest BCUT2D eigenvalue weighted by Gasteiger charge is 2.49. The van der Waals surface area contributed by atoms with Gasteiger partial charge in [0, 0.05) is 0 Å². The molecule has 0 heterocycles. The minimum atomic E-state index is -2.48. The first-order valence-corrected chi connectivity index (χ1v) is 13.5. The maximum atomic E-state index is 9.37. The molecule has 2 nitrogen and oxygen atoms in total. The molecule has 2 aromatic carbocycles. The fourth-order valence-corrected chi connectivity index (χ4v) is 8.74. The van der Waals surface area contributed by atoms with Crippen molar-refractivity contribution in [2.45, 2.75) is 65.3 Å². The van der Waals surface area contributed by atoms with E-state index in [1.54, 1.807) is 0 Å².